The van der Waals surface area contributed by atoms with Crippen LogP contribution in [0.3, 0.4) is 0 Å². The molecular formula is C26H34N2O5. The second-order valence-corrected chi connectivity index (χ2v) is 10.1. The van der Waals surface area contributed by atoms with E-state index in [1.165, 1.54) is 12.7 Å². The quantitative estimate of drug-likeness (QED) is 0.699. The molecule has 0 radical (unpaired) electrons. The minimum Gasteiger partial charge on any atom is -0.465 e. The molecule has 2 N–H and O–H groups in total. The molecule has 7 nitrogen and oxygen atoms in total. The normalized spacial score (nSPS) is 23.3. The SMILES string of the molecule is COC(=O)C1=C(N)OC2=C(C(=O)CC(C)(C)C2)[C@H]1c1cc(CN2CCOCC2)c(C)cc1C. The summed E-state index contributed by atoms with van der Waals surface area (Å²) in [6, 6.07) is 4.26. The summed E-state index contributed by atoms with van der Waals surface area (Å²) in [5, 5.41) is 0. The molecule has 0 saturated carbocycles. The van der Waals surface area contributed by atoms with Gasteiger partial charge in [-0.1, -0.05) is 26.0 Å². The van der Waals surface area contributed by atoms with Crippen LogP contribution < -0.4 is 5.73 Å². The van der Waals surface area contributed by atoms with Gasteiger partial charge < -0.3 is 19.9 Å². The largest absolute Gasteiger partial charge is 0.465 e. The van der Waals surface area contributed by atoms with Crippen molar-refractivity contribution in [1.29, 1.82) is 0 Å². The zero-order valence-corrected chi connectivity index (χ0v) is 20.2. The van der Waals surface area contributed by atoms with Gasteiger partial charge in [-0.25, -0.2) is 4.79 Å². The van der Waals surface area contributed by atoms with Gasteiger partial charge in [-0.05, 0) is 41.5 Å². The Morgan fingerprint density at radius 1 is 1.18 bits per heavy atom. The third kappa shape index (κ3) is 4.57. The van der Waals surface area contributed by atoms with Crippen molar-refractivity contribution in [2.75, 3.05) is 33.4 Å². The van der Waals surface area contributed by atoms with E-state index in [0.29, 0.717) is 24.2 Å². The fraction of sp³-hybridized carbons (Fsp3) is 0.538. The van der Waals surface area contributed by atoms with E-state index in [-0.39, 0.29) is 22.7 Å². The van der Waals surface area contributed by atoms with Gasteiger partial charge in [0.1, 0.15) is 11.3 Å². The van der Waals surface area contributed by atoms with Gasteiger partial charge in [-0.2, -0.15) is 0 Å². The van der Waals surface area contributed by atoms with Crippen LogP contribution in [0.4, 0.5) is 0 Å². The Hall–Kier alpha value is -2.64. The van der Waals surface area contributed by atoms with Gasteiger partial charge in [0, 0.05) is 38.0 Å². The van der Waals surface area contributed by atoms with E-state index < -0.39 is 11.9 Å². The van der Waals surface area contributed by atoms with Crippen molar-refractivity contribution in [3.8, 4) is 0 Å². The number of Topliss-reactive ketones (excluding diaryl/α,β-unsaturated/α-hetero) is 1. The maximum absolute atomic E-state index is 13.4. The number of esters is 1. The molecule has 0 unspecified atom stereocenters. The van der Waals surface area contributed by atoms with Gasteiger partial charge in [0.2, 0.25) is 5.88 Å². The summed E-state index contributed by atoms with van der Waals surface area (Å²) in [5.41, 5.74) is 11.0. The number of nitrogens with two attached hydrogens (primary N) is 1. The van der Waals surface area contributed by atoms with Crippen LogP contribution in [-0.2, 0) is 30.3 Å². The molecule has 33 heavy (non-hydrogen) atoms. The lowest BCUT2D eigenvalue weighted by Crippen LogP contribution is -2.36. The third-order valence-corrected chi connectivity index (χ3v) is 6.89. The number of morpholine rings is 1. The molecule has 1 aliphatic carbocycles. The summed E-state index contributed by atoms with van der Waals surface area (Å²) < 4.78 is 16.4. The smallest absolute Gasteiger partial charge is 0.340 e. The summed E-state index contributed by atoms with van der Waals surface area (Å²) in [4.78, 5) is 28.6. The lowest BCUT2D eigenvalue weighted by molar-refractivity contribution is -0.136. The minimum absolute atomic E-state index is 0.00476. The van der Waals surface area contributed by atoms with Crippen molar-refractivity contribution in [3.05, 3.63) is 57.2 Å². The molecule has 1 aromatic carbocycles. The van der Waals surface area contributed by atoms with E-state index in [1.54, 1.807) is 0 Å². The molecule has 1 fully saturated rings. The Balaban J connectivity index is 1.84. The second-order valence-electron chi connectivity index (χ2n) is 10.1. The van der Waals surface area contributed by atoms with Crippen LogP contribution in [0.2, 0.25) is 0 Å². The van der Waals surface area contributed by atoms with Crippen LogP contribution in [0, 0.1) is 19.3 Å². The maximum atomic E-state index is 13.4. The van der Waals surface area contributed by atoms with Crippen LogP contribution in [-0.4, -0.2) is 50.1 Å². The summed E-state index contributed by atoms with van der Waals surface area (Å²) in [6.45, 7) is 12.2. The van der Waals surface area contributed by atoms with Crippen molar-refractivity contribution in [2.24, 2.45) is 11.1 Å². The highest BCUT2D eigenvalue weighted by molar-refractivity contribution is 6.03. The first-order valence-corrected chi connectivity index (χ1v) is 11.5. The van der Waals surface area contributed by atoms with Crippen LogP contribution in [0.1, 0.15) is 54.9 Å². The molecule has 3 aliphatic rings. The zero-order chi connectivity index (χ0) is 23.9. The molecule has 1 saturated heterocycles. The lowest BCUT2D eigenvalue weighted by atomic mass is 9.69. The highest BCUT2D eigenvalue weighted by Crippen LogP contribution is 2.49. The van der Waals surface area contributed by atoms with Gasteiger partial charge in [0.15, 0.2) is 5.78 Å². The van der Waals surface area contributed by atoms with Gasteiger partial charge >= 0.3 is 5.97 Å². The summed E-state index contributed by atoms with van der Waals surface area (Å²) >= 11 is 0. The molecule has 0 spiro atoms. The number of allylic oxidation sites excluding steroid dienone is 2. The average molecular weight is 455 g/mol. The van der Waals surface area contributed by atoms with Crippen LogP contribution in [0.15, 0.2) is 34.9 Å². The molecule has 2 heterocycles. The number of benzene rings is 1. The minimum atomic E-state index is -0.603. The molecule has 1 aromatic rings. The van der Waals surface area contributed by atoms with Crippen molar-refractivity contribution in [1.82, 2.24) is 4.90 Å². The first kappa shape index (κ1) is 23.5. The maximum Gasteiger partial charge on any atom is 0.340 e. The zero-order valence-electron chi connectivity index (χ0n) is 20.2. The molecule has 0 bridgehead atoms. The lowest BCUT2D eigenvalue weighted by Gasteiger charge is -2.38. The first-order valence-electron chi connectivity index (χ1n) is 11.5. The topological polar surface area (TPSA) is 91.1 Å². The van der Waals surface area contributed by atoms with Crippen LogP contribution in [0.25, 0.3) is 0 Å². The highest BCUT2D eigenvalue weighted by Gasteiger charge is 2.45. The molecule has 0 amide bonds. The van der Waals surface area contributed by atoms with Crippen LogP contribution >= 0.6 is 0 Å². The number of carbonyl (C=O) groups is 2. The van der Waals surface area contributed by atoms with Gasteiger partial charge in [0.05, 0.1) is 26.2 Å². The van der Waals surface area contributed by atoms with Crippen molar-refractivity contribution >= 4 is 11.8 Å². The van der Waals surface area contributed by atoms with Crippen molar-refractivity contribution < 1.29 is 23.8 Å². The van der Waals surface area contributed by atoms with E-state index in [2.05, 4.69) is 24.0 Å². The number of nitrogens with zero attached hydrogens (tertiary/aromatic N) is 1. The Kier molecular flexibility index (Phi) is 6.38. The molecule has 1 atom stereocenters. The fourth-order valence-electron chi connectivity index (χ4n) is 5.20. The molecular weight excluding hydrogens is 420 g/mol. The Morgan fingerprint density at radius 3 is 2.55 bits per heavy atom. The molecule has 7 heteroatoms. The molecule has 2 aliphatic heterocycles. The number of ether oxygens (including phenoxy) is 3. The van der Waals surface area contributed by atoms with E-state index in [1.807, 2.05) is 20.8 Å². The number of aryl methyl sites for hydroxylation is 2. The van der Waals surface area contributed by atoms with Gasteiger partial charge in [-0.15, -0.1) is 0 Å². The van der Waals surface area contributed by atoms with E-state index >= 15 is 0 Å². The molecule has 0 aromatic heterocycles. The highest BCUT2D eigenvalue weighted by atomic mass is 16.5. The predicted molar refractivity (Wildman–Crippen MR) is 124 cm³/mol. The predicted octanol–water partition coefficient (Wildman–Crippen LogP) is 3.24. The standard InChI is InChI=1S/C26H34N2O5/c1-15-10-16(2)18(11-17(15)14-28-6-8-32-9-7-28)21-22-19(29)12-26(3,4)13-20(22)33-24(27)23(21)25(30)31-5/h10-11,21H,6-9,12-14,27H2,1-5H3/t21-/m1/s1. The van der Waals surface area contributed by atoms with E-state index in [4.69, 9.17) is 19.9 Å². The summed E-state index contributed by atoms with van der Waals surface area (Å²) in [5.74, 6) is -0.591. The average Bonchev–Trinajstić information content (AvgIpc) is 2.74. The van der Waals surface area contributed by atoms with Crippen molar-refractivity contribution in [2.45, 2.75) is 53.0 Å². The van der Waals surface area contributed by atoms with E-state index in [9.17, 15) is 9.59 Å². The summed E-state index contributed by atoms with van der Waals surface area (Å²) in [6.07, 6.45) is 0.983. The first-order chi connectivity index (χ1) is 15.6. The van der Waals surface area contributed by atoms with Crippen molar-refractivity contribution in [3.63, 3.8) is 0 Å². The number of ketones is 1. The number of rotatable bonds is 4. The fourth-order valence-corrected chi connectivity index (χ4v) is 5.20. The Morgan fingerprint density at radius 2 is 1.88 bits per heavy atom. The molecule has 178 valence electrons. The van der Waals surface area contributed by atoms with Gasteiger partial charge in [-0.3, -0.25) is 9.69 Å². The summed E-state index contributed by atoms with van der Waals surface area (Å²) in [7, 11) is 1.32. The van der Waals surface area contributed by atoms with E-state index in [0.717, 1.165) is 49.5 Å². The number of carbonyl (C=O) groups excluding carboxylic acids is 2. The molecule has 4 rings (SSSR count). The second kappa shape index (κ2) is 8.95. The van der Waals surface area contributed by atoms with Gasteiger partial charge in [0.25, 0.3) is 0 Å². The Bertz CT molecular complexity index is 1050. The number of hydrogen-bond donors (Lipinski definition) is 1. The number of methoxy groups -OCH3 is 1. The monoisotopic (exact) mass is 454 g/mol. The Labute approximate surface area is 195 Å². The van der Waals surface area contributed by atoms with Crippen LogP contribution in [0.5, 0.6) is 0 Å². The number of hydrogen-bond acceptors (Lipinski definition) is 7. The third-order valence-electron chi connectivity index (χ3n) is 6.89.